The largest absolute Gasteiger partial charge is 0.451 e. The van der Waals surface area contributed by atoms with Crippen molar-refractivity contribution in [3.8, 4) is 11.5 Å². The van der Waals surface area contributed by atoms with Crippen molar-refractivity contribution in [2.45, 2.75) is 90.4 Å². The lowest BCUT2D eigenvalue weighted by Gasteiger charge is -2.47. The second-order valence-electron chi connectivity index (χ2n) is 16.5. The van der Waals surface area contributed by atoms with Crippen molar-refractivity contribution in [1.82, 2.24) is 33.3 Å². The van der Waals surface area contributed by atoms with E-state index in [1.165, 1.54) is 30.6 Å². The first-order valence-corrected chi connectivity index (χ1v) is 21.0. The normalized spacial score (nSPS) is 24.9. The highest BCUT2D eigenvalue weighted by atomic mass is 32.2. The molecule has 7 rings (SSSR count). The van der Waals surface area contributed by atoms with Crippen LogP contribution < -0.4 is 9.64 Å². The summed E-state index contributed by atoms with van der Waals surface area (Å²) in [5.41, 5.74) is 0.339. The molecule has 0 N–H and O–H groups in total. The Bertz CT molecular complexity index is 1820. The minimum absolute atomic E-state index is 0.0589. The van der Waals surface area contributed by atoms with Gasteiger partial charge in [0.05, 0.1) is 11.8 Å². The average Bonchev–Trinajstić information content (AvgIpc) is 3.91. The van der Waals surface area contributed by atoms with Crippen LogP contribution in [-0.4, -0.2) is 137 Å². The van der Waals surface area contributed by atoms with E-state index in [1.54, 1.807) is 24.6 Å². The Hall–Kier alpha value is -3.66. The van der Waals surface area contributed by atoms with E-state index < -0.39 is 16.0 Å². The number of aromatic nitrogens is 2. The Balaban J connectivity index is 0.915. The number of hydrogen-bond acceptors (Lipinski definition) is 9. The second kappa shape index (κ2) is 15.5. The molecular formula is C39H55FN8O5S. The maximum Gasteiger partial charge on any atom is 0.282 e. The molecular weight excluding hydrogens is 712 g/mol. The standard InChI is InChI=1S/C39H55FN8O5S/c1-6-36(49)46-24-32-20-31(46)25-47(32)54(51,52)45-17-12-39(13-18-45)10-15-43(16-11-39)22-29-9-14-44(23-29)37-35(21-41-26-42-37)53-34-8-7-30(40)19-33(34)38(50)48(27(2)3)28(4)5/h6-8,19,21,26-29,31-32H,1,9-18,20,22-25H2,2-5H3/t29-,31-,32-/m0/s1. The summed E-state index contributed by atoms with van der Waals surface area (Å²) < 4.78 is 51.4. The fourth-order valence-corrected chi connectivity index (χ4v) is 11.4. The molecule has 3 atom stereocenters. The third-order valence-corrected chi connectivity index (χ3v) is 14.5. The molecule has 2 amide bonds. The Morgan fingerprint density at radius 3 is 2.35 bits per heavy atom. The fraction of sp³-hybridized carbons (Fsp3) is 0.641. The van der Waals surface area contributed by atoms with E-state index in [-0.39, 0.29) is 52.7 Å². The smallest absolute Gasteiger partial charge is 0.282 e. The van der Waals surface area contributed by atoms with Crippen molar-refractivity contribution in [3.05, 3.63) is 54.8 Å². The fourth-order valence-electron chi connectivity index (χ4n) is 9.59. The molecule has 54 heavy (non-hydrogen) atoms. The molecule has 1 aromatic heterocycles. The Kier molecular flexibility index (Phi) is 11.1. The van der Waals surface area contributed by atoms with E-state index in [4.69, 9.17) is 4.74 Å². The summed E-state index contributed by atoms with van der Waals surface area (Å²) in [4.78, 5) is 42.8. The zero-order chi connectivity index (χ0) is 38.4. The number of fused-ring (bicyclic) bond motifs is 2. The third kappa shape index (κ3) is 7.61. The van der Waals surface area contributed by atoms with Gasteiger partial charge in [-0.1, -0.05) is 6.58 Å². The van der Waals surface area contributed by atoms with Gasteiger partial charge in [-0.25, -0.2) is 14.4 Å². The van der Waals surface area contributed by atoms with E-state index in [1.807, 2.05) is 27.7 Å². The van der Waals surface area contributed by atoms with Crippen molar-refractivity contribution in [2.24, 2.45) is 11.3 Å². The summed E-state index contributed by atoms with van der Waals surface area (Å²) >= 11 is 0. The molecule has 2 bridgehead atoms. The van der Waals surface area contributed by atoms with Crippen LogP contribution in [0, 0.1) is 17.2 Å². The van der Waals surface area contributed by atoms with Crippen molar-refractivity contribution in [1.29, 1.82) is 0 Å². The highest BCUT2D eigenvalue weighted by Crippen LogP contribution is 2.44. The number of amides is 2. The maximum atomic E-state index is 14.4. The molecule has 0 saturated carbocycles. The van der Waals surface area contributed by atoms with Gasteiger partial charge in [0.2, 0.25) is 5.91 Å². The van der Waals surface area contributed by atoms with Crippen molar-refractivity contribution < 1.29 is 27.1 Å². The van der Waals surface area contributed by atoms with Gasteiger partial charge < -0.3 is 24.3 Å². The molecule has 6 heterocycles. The summed E-state index contributed by atoms with van der Waals surface area (Å²) in [6.45, 7) is 17.9. The summed E-state index contributed by atoms with van der Waals surface area (Å²) in [7, 11) is -3.56. The van der Waals surface area contributed by atoms with Crippen LogP contribution in [0.15, 0.2) is 43.4 Å². The molecule has 5 aliphatic heterocycles. The Morgan fingerprint density at radius 1 is 1.00 bits per heavy atom. The first-order chi connectivity index (χ1) is 25.8. The summed E-state index contributed by atoms with van der Waals surface area (Å²) in [6.07, 6.45) is 10.0. The summed E-state index contributed by atoms with van der Waals surface area (Å²) in [5.74, 6) is 0.870. The van der Waals surface area contributed by atoms with Crippen molar-refractivity contribution >= 4 is 27.8 Å². The molecule has 1 spiro atoms. The van der Waals surface area contributed by atoms with Crippen molar-refractivity contribution in [2.75, 3.05) is 63.8 Å². The molecule has 1 aromatic carbocycles. The molecule has 0 unspecified atom stereocenters. The van der Waals surface area contributed by atoms with Crippen LogP contribution in [-0.2, 0) is 15.0 Å². The number of ether oxygens (including phenoxy) is 1. The van der Waals surface area contributed by atoms with Gasteiger partial charge in [-0.2, -0.15) is 17.0 Å². The van der Waals surface area contributed by atoms with E-state index in [9.17, 15) is 22.4 Å². The maximum absolute atomic E-state index is 14.4. The molecule has 0 aliphatic carbocycles. The zero-order valence-corrected chi connectivity index (χ0v) is 32.9. The predicted molar refractivity (Wildman–Crippen MR) is 204 cm³/mol. The van der Waals surface area contributed by atoms with E-state index >= 15 is 0 Å². The third-order valence-electron chi connectivity index (χ3n) is 12.5. The highest BCUT2D eigenvalue weighted by Gasteiger charge is 2.51. The zero-order valence-electron chi connectivity index (χ0n) is 32.1. The number of hydrogen-bond donors (Lipinski definition) is 0. The quantitative estimate of drug-likeness (QED) is 0.307. The van der Waals surface area contributed by atoms with Gasteiger partial charge in [0.1, 0.15) is 17.9 Å². The van der Waals surface area contributed by atoms with Crippen LogP contribution in [0.3, 0.4) is 0 Å². The minimum atomic E-state index is -3.56. The summed E-state index contributed by atoms with van der Waals surface area (Å²) in [6, 6.07) is 3.67. The highest BCUT2D eigenvalue weighted by molar-refractivity contribution is 7.86. The van der Waals surface area contributed by atoms with E-state index in [2.05, 4.69) is 26.3 Å². The van der Waals surface area contributed by atoms with E-state index in [0.717, 1.165) is 64.8 Å². The number of piperidine rings is 2. The van der Waals surface area contributed by atoms with Gasteiger partial charge in [0.15, 0.2) is 11.6 Å². The Labute approximate surface area is 319 Å². The molecule has 5 saturated heterocycles. The minimum Gasteiger partial charge on any atom is -0.451 e. The van der Waals surface area contributed by atoms with Crippen LogP contribution in [0.4, 0.5) is 10.2 Å². The van der Waals surface area contributed by atoms with Crippen LogP contribution in [0.5, 0.6) is 11.5 Å². The van der Waals surface area contributed by atoms with Gasteiger partial charge in [-0.3, -0.25) is 9.59 Å². The number of piperazine rings is 1. The van der Waals surface area contributed by atoms with Gasteiger partial charge in [-0.05, 0) is 115 Å². The van der Waals surface area contributed by atoms with Crippen LogP contribution in [0.1, 0.15) is 76.6 Å². The van der Waals surface area contributed by atoms with Crippen LogP contribution in [0.2, 0.25) is 0 Å². The first kappa shape index (κ1) is 38.6. The second-order valence-corrected chi connectivity index (χ2v) is 18.4. The lowest BCUT2D eigenvalue weighted by atomic mass is 9.71. The molecule has 5 fully saturated rings. The van der Waals surface area contributed by atoms with Gasteiger partial charge >= 0.3 is 0 Å². The number of benzene rings is 1. The number of carbonyl (C=O) groups is 2. The van der Waals surface area contributed by atoms with Crippen LogP contribution in [0.25, 0.3) is 0 Å². The average molecular weight is 767 g/mol. The van der Waals surface area contributed by atoms with E-state index in [0.29, 0.717) is 50.1 Å². The molecule has 13 nitrogen and oxygen atoms in total. The Morgan fingerprint density at radius 2 is 1.70 bits per heavy atom. The molecule has 5 aliphatic rings. The van der Waals surface area contributed by atoms with Crippen LogP contribution >= 0.6 is 0 Å². The molecule has 2 aromatic rings. The number of carbonyl (C=O) groups excluding carboxylic acids is 2. The summed E-state index contributed by atoms with van der Waals surface area (Å²) in [5, 5.41) is 0. The lowest BCUT2D eigenvalue weighted by molar-refractivity contribution is -0.127. The first-order valence-electron chi connectivity index (χ1n) is 19.6. The molecule has 0 radical (unpaired) electrons. The number of nitrogens with zero attached hydrogens (tertiary/aromatic N) is 8. The molecule has 294 valence electrons. The number of anilines is 1. The van der Waals surface area contributed by atoms with Gasteiger partial charge in [0.25, 0.3) is 16.1 Å². The SMILES string of the molecule is C=CC(=O)N1C[C@@H]2C[C@H]1CN2S(=O)(=O)N1CCC2(CCN(C[C@@H]3CCN(c4ncncc4Oc4ccc(F)cc4C(=O)N(C(C)C)C(C)C)C3)CC2)CC1. The van der Waals surface area contributed by atoms with Crippen molar-refractivity contribution in [3.63, 3.8) is 0 Å². The molecule has 15 heteroatoms. The number of likely N-dealkylation sites (tertiary alicyclic amines) is 2. The number of halogens is 1. The number of rotatable bonds is 11. The topological polar surface area (TPSA) is 123 Å². The monoisotopic (exact) mass is 766 g/mol. The lowest BCUT2D eigenvalue weighted by Crippen LogP contribution is -2.56. The van der Waals surface area contributed by atoms with Gasteiger partial charge in [0, 0.05) is 70.0 Å². The van der Waals surface area contributed by atoms with Gasteiger partial charge in [-0.15, -0.1) is 0 Å². The predicted octanol–water partition coefficient (Wildman–Crippen LogP) is 4.39.